The highest BCUT2D eigenvalue weighted by atomic mass is 16.5. The van der Waals surface area contributed by atoms with Crippen molar-refractivity contribution in [1.29, 1.82) is 0 Å². The molecule has 0 saturated heterocycles. The van der Waals surface area contributed by atoms with Crippen molar-refractivity contribution in [2.24, 2.45) is 7.05 Å². The van der Waals surface area contributed by atoms with E-state index in [1.165, 1.54) is 33.5 Å². The Morgan fingerprint density at radius 1 is 0.657 bits per heavy atom. The molecule has 0 N–H and O–H groups in total. The lowest BCUT2D eigenvalue weighted by Gasteiger charge is -2.44. The van der Waals surface area contributed by atoms with Crippen LogP contribution in [0.15, 0.2) is 140 Å². The lowest BCUT2D eigenvalue weighted by Crippen LogP contribution is -2.74. The molecule has 0 saturated carbocycles. The first-order valence-electron chi connectivity index (χ1n) is 11.7. The molecule has 0 radical (unpaired) electrons. The summed E-state index contributed by atoms with van der Waals surface area (Å²) in [6.07, 6.45) is 3.43. The lowest BCUT2D eigenvalue weighted by atomic mass is 9.13. The van der Waals surface area contributed by atoms with E-state index in [9.17, 15) is 4.79 Å². The second-order valence-corrected chi connectivity index (χ2v) is 8.47. The van der Waals surface area contributed by atoms with Crippen LogP contribution < -0.4 is 26.4 Å². The maximum absolute atomic E-state index is 10.8. The Hall–Kier alpha value is -4.38. The first-order valence-corrected chi connectivity index (χ1v) is 11.7. The number of aryl methyl sites for hydroxylation is 1. The van der Waals surface area contributed by atoms with Crippen molar-refractivity contribution in [3.05, 3.63) is 140 Å². The Morgan fingerprint density at radius 3 is 1.26 bits per heavy atom. The molecule has 4 nitrogen and oxygen atoms in total. The van der Waals surface area contributed by atoms with Crippen molar-refractivity contribution in [2.75, 3.05) is 7.11 Å². The number of imidazole rings is 1. The molecule has 5 aromatic rings. The number of carbonyl (C=O) groups is 1. The highest BCUT2D eigenvalue weighted by Gasteiger charge is 2.31. The molecule has 0 bridgehead atoms. The standard InChI is InChI=1S/C24H20B.C6H9N2O2/c1-5-13-21(14-6-1)25(22-15-7-2-8-16-22,23-17-9-3-10-18-23)24-19-11-4-12-20-24;1-7-3-4-8(5-7)6(9)10-2/h1-20H;3-5H,1-2H3/q-1;+1. The normalized spacial score (nSPS) is 10.7. The van der Waals surface area contributed by atoms with Crippen molar-refractivity contribution in [3.63, 3.8) is 0 Å². The van der Waals surface area contributed by atoms with Gasteiger partial charge in [-0.2, -0.15) is 26.6 Å². The molecule has 0 amide bonds. The van der Waals surface area contributed by atoms with Crippen LogP contribution in [0, 0.1) is 0 Å². The van der Waals surface area contributed by atoms with Gasteiger partial charge in [-0.05, 0) is 0 Å². The molecular formula is C30H29BN2O2. The predicted molar refractivity (Wildman–Crippen MR) is 143 cm³/mol. The van der Waals surface area contributed by atoms with Crippen molar-refractivity contribution in [2.45, 2.75) is 0 Å². The lowest BCUT2D eigenvalue weighted by molar-refractivity contribution is -0.670. The van der Waals surface area contributed by atoms with Crippen LogP contribution in [0.3, 0.4) is 0 Å². The summed E-state index contributed by atoms with van der Waals surface area (Å²) in [4.78, 5) is 10.8. The number of nitrogens with zero attached hydrogens (tertiary/aromatic N) is 2. The molecule has 1 aromatic heterocycles. The Balaban J connectivity index is 0.000000243. The van der Waals surface area contributed by atoms with E-state index in [0.717, 1.165) is 0 Å². The highest BCUT2D eigenvalue weighted by molar-refractivity contribution is 7.19. The summed E-state index contributed by atoms with van der Waals surface area (Å²) < 4.78 is 7.58. The third-order valence-corrected chi connectivity index (χ3v) is 6.35. The fourth-order valence-electron chi connectivity index (χ4n) is 4.79. The zero-order valence-corrected chi connectivity index (χ0v) is 20.1. The van der Waals surface area contributed by atoms with E-state index in [2.05, 4.69) is 126 Å². The predicted octanol–water partition coefficient (Wildman–Crippen LogP) is 2.99. The van der Waals surface area contributed by atoms with E-state index < -0.39 is 6.15 Å². The Kier molecular flexibility index (Phi) is 7.58. The average molecular weight is 460 g/mol. The Labute approximate surface area is 207 Å². The summed E-state index contributed by atoms with van der Waals surface area (Å²) in [5.41, 5.74) is 5.36. The van der Waals surface area contributed by atoms with E-state index in [-0.39, 0.29) is 6.09 Å². The Morgan fingerprint density at radius 2 is 1.00 bits per heavy atom. The topological polar surface area (TPSA) is 35.1 Å². The van der Waals surface area contributed by atoms with Crippen LogP contribution >= 0.6 is 0 Å². The summed E-state index contributed by atoms with van der Waals surface area (Å²) in [5, 5.41) is 0. The monoisotopic (exact) mass is 460 g/mol. The minimum atomic E-state index is -1.22. The van der Waals surface area contributed by atoms with Crippen LogP contribution in [0.1, 0.15) is 0 Å². The molecule has 4 aromatic carbocycles. The van der Waals surface area contributed by atoms with Crippen molar-refractivity contribution >= 4 is 34.1 Å². The van der Waals surface area contributed by atoms with Gasteiger partial charge in [0, 0.05) is 0 Å². The van der Waals surface area contributed by atoms with Crippen LogP contribution in [0.2, 0.25) is 0 Å². The van der Waals surface area contributed by atoms with E-state index in [0.29, 0.717) is 0 Å². The zero-order chi connectivity index (χ0) is 24.5. The van der Waals surface area contributed by atoms with Crippen molar-refractivity contribution in [3.8, 4) is 0 Å². The number of hydrogen-bond acceptors (Lipinski definition) is 2. The minimum Gasteiger partial charge on any atom is -0.434 e. The first kappa shape index (κ1) is 23.8. The smallest absolute Gasteiger partial charge is 0.434 e. The van der Waals surface area contributed by atoms with Gasteiger partial charge in [0.2, 0.25) is 0 Å². The summed E-state index contributed by atoms with van der Waals surface area (Å²) in [6.45, 7) is 0. The van der Waals surface area contributed by atoms with E-state index in [4.69, 9.17) is 0 Å². The van der Waals surface area contributed by atoms with Gasteiger partial charge in [-0.3, -0.25) is 0 Å². The molecular weight excluding hydrogens is 431 g/mol. The minimum absolute atomic E-state index is 0.374. The second kappa shape index (κ2) is 11.2. The number of hydrogen-bond donors (Lipinski definition) is 0. The van der Waals surface area contributed by atoms with E-state index >= 15 is 0 Å². The van der Waals surface area contributed by atoms with Crippen molar-refractivity contribution in [1.82, 2.24) is 4.57 Å². The molecule has 5 heteroatoms. The molecule has 35 heavy (non-hydrogen) atoms. The molecule has 0 spiro atoms. The zero-order valence-electron chi connectivity index (χ0n) is 20.1. The Bertz CT molecular complexity index is 1180. The summed E-state index contributed by atoms with van der Waals surface area (Å²) in [7, 11) is 3.18. The van der Waals surface area contributed by atoms with Gasteiger partial charge in [0.1, 0.15) is 18.5 Å². The summed E-state index contributed by atoms with van der Waals surface area (Å²) >= 11 is 0. The SMILES string of the molecule is COC(=O)n1cc[n+](C)c1.c1ccc([B-](c2ccccc2)(c2ccccc2)c2ccccc2)cc1. The van der Waals surface area contributed by atoms with Gasteiger partial charge >= 0.3 is 6.09 Å². The third kappa shape index (κ3) is 5.09. The van der Waals surface area contributed by atoms with Gasteiger partial charge < -0.3 is 4.74 Å². The van der Waals surface area contributed by atoms with Crippen LogP contribution in [-0.2, 0) is 11.8 Å². The van der Waals surface area contributed by atoms with Gasteiger partial charge in [0.15, 0.2) is 0 Å². The number of rotatable bonds is 4. The molecule has 174 valence electrons. The maximum Gasteiger partial charge on any atom is 0.511 e. The molecule has 1 heterocycles. The first-order chi connectivity index (χ1) is 17.2. The fourth-order valence-corrected chi connectivity index (χ4v) is 4.79. The average Bonchev–Trinajstić information content (AvgIpc) is 3.38. The number of methoxy groups -OCH3 is 1. The molecule has 0 aliphatic rings. The van der Waals surface area contributed by atoms with E-state index in [1.54, 1.807) is 23.3 Å². The van der Waals surface area contributed by atoms with Gasteiger partial charge in [0.05, 0.1) is 14.2 Å². The third-order valence-electron chi connectivity index (χ3n) is 6.35. The van der Waals surface area contributed by atoms with Crippen LogP contribution in [0.25, 0.3) is 0 Å². The van der Waals surface area contributed by atoms with E-state index in [1.807, 2.05) is 7.05 Å². The van der Waals surface area contributed by atoms with Crippen molar-refractivity contribution < 1.29 is 14.1 Å². The fraction of sp³-hybridized carbons (Fsp3) is 0.0667. The quantitative estimate of drug-likeness (QED) is 0.306. The largest absolute Gasteiger partial charge is 0.511 e. The molecule has 0 unspecified atom stereocenters. The summed E-state index contributed by atoms with van der Waals surface area (Å²) in [6, 6.07) is 43.5. The van der Waals surface area contributed by atoms with Gasteiger partial charge in [-0.15, -0.1) is 4.57 Å². The van der Waals surface area contributed by atoms with Crippen LogP contribution in [0.5, 0.6) is 0 Å². The number of aromatic nitrogens is 2. The molecule has 0 fully saturated rings. The van der Waals surface area contributed by atoms with Gasteiger partial charge in [0.25, 0.3) is 6.33 Å². The molecule has 5 rings (SSSR count). The van der Waals surface area contributed by atoms with Gasteiger partial charge in [-0.1, -0.05) is 121 Å². The highest BCUT2D eigenvalue weighted by Crippen LogP contribution is 2.09. The van der Waals surface area contributed by atoms with Crippen LogP contribution in [-0.4, -0.2) is 23.9 Å². The second-order valence-electron chi connectivity index (χ2n) is 8.47. The summed E-state index contributed by atoms with van der Waals surface area (Å²) in [5.74, 6) is 0. The maximum atomic E-state index is 10.8. The molecule has 0 aliphatic carbocycles. The number of ether oxygens (including phenoxy) is 1. The van der Waals surface area contributed by atoms with Gasteiger partial charge in [-0.25, -0.2) is 4.57 Å². The number of benzene rings is 4. The van der Waals surface area contributed by atoms with Crippen LogP contribution in [0.4, 0.5) is 4.79 Å². The number of carbonyl (C=O) groups excluding carboxylic acids is 1. The molecule has 0 atom stereocenters. The molecule has 0 aliphatic heterocycles.